The van der Waals surface area contributed by atoms with Gasteiger partial charge in [0.15, 0.2) is 0 Å². The third-order valence-electron chi connectivity index (χ3n) is 1.79. The summed E-state index contributed by atoms with van der Waals surface area (Å²) >= 11 is 1.82. The van der Waals surface area contributed by atoms with Gasteiger partial charge in [-0.15, -0.1) is 0 Å². The van der Waals surface area contributed by atoms with Gasteiger partial charge in [-0.3, -0.25) is 10.1 Å². The fourth-order valence-electron chi connectivity index (χ4n) is 1.12. The summed E-state index contributed by atoms with van der Waals surface area (Å²) in [5.74, 6) is 0. The normalized spacial score (nSPS) is 10.7. The topological polar surface area (TPSA) is 52.4 Å². The van der Waals surface area contributed by atoms with Crippen LogP contribution in [-0.4, -0.2) is 11.5 Å². The molecule has 1 aromatic carbocycles. The van der Waals surface area contributed by atoms with Gasteiger partial charge in [-0.05, 0) is 12.5 Å². The zero-order chi connectivity index (χ0) is 11.1. The van der Waals surface area contributed by atoms with Gasteiger partial charge in [-0.2, -0.15) is 0 Å². The fourth-order valence-corrected chi connectivity index (χ4v) is 1.37. The van der Waals surface area contributed by atoms with Crippen LogP contribution in [0.2, 0.25) is 0 Å². The average Bonchev–Trinajstić information content (AvgIpc) is 2.25. The molecule has 4 nitrogen and oxygen atoms in total. The number of benzene rings is 1. The van der Waals surface area contributed by atoms with Crippen molar-refractivity contribution in [3.05, 3.63) is 46.0 Å². The van der Waals surface area contributed by atoms with Gasteiger partial charge in [0.1, 0.15) is 23.0 Å². The highest BCUT2D eigenvalue weighted by molar-refractivity contribution is 14.1. The highest BCUT2D eigenvalue weighted by Gasteiger charge is 2.08. The largest absolute Gasteiger partial charge is 0.315 e. The molecule has 0 unspecified atom stereocenters. The Labute approximate surface area is 102 Å². The number of hydrogen-bond acceptors (Lipinski definition) is 3. The Balaban J connectivity index is 2.75. The molecular weight excluding hydrogens is 309 g/mol. The van der Waals surface area contributed by atoms with Crippen LogP contribution in [0.3, 0.4) is 0 Å². The first-order chi connectivity index (χ1) is 7.25. The molecule has 0 spiro atoms. The summed E-state index contributed by atoms with van der Waals surface area (Å²) in [7, 11) is 0. The van der Waals surface area contributed by atoms with Crippen LogP contribution in [0.1, 0.15) is 12.0 Å². The molecule has 0 aliphatic carbocycles. The van der Waals surface area contributed by atoms with E-state index in [0.29, 0.717) is 12.2 Å². The lowest BCUT2D eigenvalue weighted by atomic mass is 10.1. The first kappa shape index (κ1) is 12.1. The molecule has 0 aliphatic heterocycles. The smallest absolute Gasteiger partial charge is 0.276 e. The van der Waals surface area contributed by atoms with Gasteiger partial charge < -0.3 is 3.07 Å². The molecule has 15 heavy (non-hydrogen) atoms. The molecule has 0 N–H and O–H groups in total. The number of nitro groups is 1. The van der Waals surface area contributed by atoms with Crippen molar-refractivity contribution in [1.29, 1.82) is 0 Å². The number of nitrogens with zero attached hydrogens (tertiary/aromatic N) is 1. The van der Waals surface area contributed by atoms with E-state index in [1.165, 1.54) is 6.07 Å². The number of rotatable bonds is 5. The number of hydrogen-bond donors (Lipinski definition) is 0. The average molecular weight is 319 g/mol. The molecule has 1 aromatic rings. The minimum atomic E-state index is -0.380. The summed E-state index contributed by atoms with van der Waals surface area (Å²) in [6.07, 6.45) is 4.35. The Hall–Kier alpha value is -0.950. The highest BCUT2D eigenvalue weighted by Crippen LogP contribution is 2.18. The summed E-state index contributed by atoms with van der Waals surface area (Å²) < 4.78 is 4.84. The van der Waals surface area contributed by atoms with E-state index in [2.05, 4.69) is 0 Å². The van der Waals surface area contributed by atoms with Gasteiger partial charge in [0.2, 0.25) is 0 Å². The predicted molar refractivity (Wildman–Crippen MR) is 66.7 cm³/mol. The van der Waals surface area contributed by atoms with E-state index in [0.717, 1.165) is 6.42 Å². The molecule has 0 aliphatic rings. The Morgan fingerprint density at radius 1 is 1.47 bits per heavy atom. The molecule has 0 atom stereocenters. The van der Waals surface area contributed by atoms with E-state index in [9.17, 15) is 10.1 Å². The number of halogens is 1. The quantitative estimate of drug-likeness (QED) is 0.362. The number of nitro benzene ring substituents is 1. The minimum absolute atomic E-state index is 0.129. The van der Waals surface area contributed by atoms with Gasteiger partial charge in [0, 0.05) is 6.07 Å². The molecule has 0 aromatic heterocycles. The maximum atomic E-state index is 10.7. The standard InChI is InChI=1S/C10H10INO3/c11-15-8-4-3-6-9-5-1-2-7-10(9)12(13)14/h1-3,5-7H,4,8H2/b6-3+. The van der Waals surface area contributed by atoms with Crippen molar-refractivity contribution in [2.24, 2.45) is 0 Å². The highest BCUT2D eigenvalue weighted by atomic mass is 127. The van der Waals surface area contributed by atoms with Crippen LogP contribution < -0.4 is 0 Å². The second-order valence-electron chi connectivity index (χ2n) is 2.82. The first-order valence-electron chi connectivity index (χ1n) is 4.39. The Bertz CT molecular complexity index is 365. The summed E-state index contributed by atoms with van der Waals surface area (Å²) in [6.45, 7) is 0.609. The van der Waals surface area contributed by atoms with E-state index in [4.69, 9.17) is 3.07 Å². The van der Waals surface area contributed by atoms with Crippen LogP contribution >= 0.6 is 23.0 Å². The Kier molecular flexibility index (Phi) is 5.27. The van der Waals surface area contributed by atoms with Gasteiger partial charge in [0.05, 0.1) is 17.1 Å². The molecule has 5 heteroatoms. The Morgan fingerprint density at radius 2 is 2.20 bits per heavy atom. The van der Waals surface area contributed by atoms with Crippen molar-refractivity contribution in [3.8, 4) is 0 Å². The number of para-hydroxylation sites is 1. The van der Waals surface area contributed by atoms with Crippen molar-refractivity contribution in [1.82, 2.24) is 0 Å². The van der Waals surface area contributed by atoms with Crippen LogP contribution in [0.15, 0.2) is 30.3 Å². The third kappa shape index (κ3) is 3.96. The van der Waals surface area contributed by atoms with Crippen molar-refractivity contribution in [2.45, 2.75) is 6.42 Å². The van der Waals surface area contributed by atoms with E-state index < -0.39 is 0 Å². The third-order valence-corrected chi connectivity index (χ3v) is 2.23. The lowest BCUT2D eigenvalue weighted by Gasteiger charge is -1.96. The Morgan fingerprint density at radius 3 is 2.87 bits per heavy atom. The molecule has 0 saturated carbocycles. The van der Waals surface area contributed by atoms with Crippen LogP contribution in [-0.2, 0) is 3.07 Å². The van der Waals surface area contributed by atoms with Crippen LogP contribution in [0.4, 0.5) is 5.69 Å². The van der Waals surface area contributed by atoms with Crippen LogP contribution in [0.5, 0.6) is 0 Å². The zero-order valence-corrected chi connectivity index (χ0v) is 10.1. The zero-order valence-electron chi connectivity index (χ0n) is 7.93. The molecule has 0 fully saturated rings. The van der Waals surface area contributed by atoms with Crippen LogP contribution in [0, 0.1) is 10.1 Å². The predicted octanol–water partition coefficient (Wildman–Crippen LogP) is 3.36. The van der Waals surface area contributed by atoms with Crippen molar-refractivity contribution >= 4 is 34.8 Å². The molecule has 0 saturated heterocycles. The maximum absolute atomic E-state index is 10.7. The second kappa shape index (κ2) is 6.52. The van der Waals surface area contributed by atoms with Crippen molar-refractivity contribution < 1.29 is 7.99 Å². The van der Waals surface area contributed by atoms with Gasteiger partial charge in [-0.25, -0.2) is 0 Å². The molecule has 0 amide bonds. The summed E-state index contributed by atoms with van der Waals surface area (Å²) in [4.78, 5) is 10.3. The maximum Gasteiger partial charge on any atom is 0.276 e. The minimum Gasteiger partial charge on any atom is -0.315 e. The summed E-state index contributed by atoms with van der Waals surface area (Å²) in [5.41, 5.74) is 0.750. The first-order valence-corrected chi connectivity index (χ1v) is 5.27. The molecule has 80 valence electrons. The van der Waals surface area contributed by atoms with Gasteiger partial charge in [0.25, 0.3) is 5.69 Å². The molecule has 1 rings (SSSR count). The molecule has 0 heterocycles. The monoisotopic (exact) mass is 319 g/mol. The fraction of sp³-hybridized carbons (Fsp3) is 0.200. The summed E-state index contributed by atoms with van der Waals surface area (Å²) in [5, 5.41) is 10.7. The van der Waals surface area contributed by atoms with E-state index in [-0.39, 0.29) is 10.6 Å². The van der Waals surface area contributed by atoms with Crippen molar-refractivity contribution in [3.63, 3.8) is 0 Å². The van der Waals surface area contributed by atoms with Gasteiger partial charge >= 0.3 is 0 Å². The van der Waals surface area contributed by atoms with E-state index >= 15 is 0 Å². The summed E-state index contributed by atoms with van der Waals surface area (Å²) in [6, 6.07) is 6.65. The second-order valence-corrected chi connectivity index (χ2v) is 3.44. The van der Waals surface area contributed by atoms with Gasteiger partial charge in [-0.1, -0.05) is 24.3 Å². The SMILES string of the molecule is O=[N+]([O-])c1ccccc1/C=C/CCOI. The molecule has 0 radical (unpaired) electrons. The van der Waals surface area contributed by atoms with E-state index in [1.54, 1.807) is 24.3 Å². The molecular formula is C10H10INO3. The molecule has 0 bridgehead atoms. The van der Waals surface area contributed by atoms with Crippen molar-refractivity contribution in [2.75, 3.05) is 6.61 Å². The lowest BCUT2D eigenvalue weighted by molar-refractivity contribution is -0.385. The lowest BCUT2D eigenvalue weighted by Crippen LogP contribution is -1.90. The van der Waals surface area contributed by atoms with Crippen LogP contribution in [0.25, 0.3) is 6.08 Å². The van der Waals surface area contributed by atoms with E-state index in [1.807, 2.05) is 29.1 Å².